The molecule has 144 valence electrons. The fourth-order valence-corrected chi connectivity index (χ4v) is 4.01. The van der Waals surface area contributed by atoms with Gasteiger partial charge >= 0.3 is 5.63 Å². The third kappa shape index (κ3) is 3.59. The van der Waals surface area contributed by atoms with Crippen LogP contribution in [0.4, 0.5) is 0 Å². The van der Waals surface area contributed by atoms with Gasteiger partial charge in [0.2, 0.25) is 0 Å². The predicted molar refractivity (Wildman–Crippen MR) is 105 cm³/mol. The molecule has 2 aliphatic rings. The predicted octanol–water partition coefficient (Wildman–Crippen LogP) is 2.43. The van der Waals surface area contributed by atoms with Crippen LogP contribution in [0.1, 0.15) is 17.5 Å². The van der Waals surface area contributed by atoms with Gasteiger partial charge in [-0.05, 0) is 24.5 Å². The molecule has 1 aromatic carbocycles. The van der Waals surface area contributed by atoms with Gasteiger partial charge < -0.3 is 13.9 Å². The summed E-state index contributed by atoms with van der Waals surface area (Å²) in [7, 11) is 3.20. The Labute approximate surface area is 159 Å². The van der Waals surface area contributed by atoms with E-state index in [0.29, 0.717) is 23.6 Å². The average Bonchev–Trinajstić information content (AvgIpc) is 2.72. The number of fused-ring (bicyclic) bond motifs is 3. The second-order valence-corrected chi connectivity index (χ2v) is 7.14. The van der Waals surface area contributed by atoms with Crippen molar-refractivity contribution in [1.82, 2.24) is 9.80 Å². The summed E-state index contributed by atoms with van der Waals surface area (Å²) in [6.07, 6.45) is 6.45. The van der Waals surface area contributed by atoms with Crippen LogP contribution in [0.15, 0.2) is 33.5 Å². The summed E-state index contributed by atoms with van der Waals surface area (Å²) < 4.78 is 16.4. The minimum Gasteiger partial charge on any atom is -0.493 e. The highest BCUT2D eigenvalue weighted by molar-refractivity contribution is 5.85. The Kier molecular flexibility index (Phi) is 5.18. The van der Waals surface area contributed by atoms with Gasteiger partial charge in [0, 0.05) is 50.7 Å². The molecule has 3 heterocycles. The maximum Gasteiger partial charge on any atom is 0.341 e. The second-order valence-electron chi connectivity index (χ2n) is 7.14. The molecule has 1 aromatic heterocycles. The molecule has 0 spiro atoms. The fraction of sp³-hybridized carbons (Fsp3) is 0.476. The second kappa shape index (κ2) is 7.74. The van der Waals surface area contributed by atoms with Crippen LogP contribution in [0, 0.1) is 0 Å². The Morgan fingerprint density at radius 1 is 1.00 bits per heavy atom. The first-order valence-electron chi connectivity index (χ1n) is 9.50. The van der Waals surface area contributed by atoms with Crippen molar-refractivity contribution in [2.45, 2.75) is 19.4 Å². The number of methoxy groups -OCH3 is 2. The molecule has 27 heavy (non-hydrogen) atoms. The molecule has 2 aromatic rings. The number of hydrogen-bond donors (Lipinski definition) is 0. The van der Waals surface area contributed by atoms with Crippen LogP contribution in [0.5, 0.6) is 11.5 Å². The molecule has 0 aliphatic carbocycles. The highest BCUT2D eigenvalue weighted by Crippen LogP contribution is 2.35. The van der Waals surface area contributed by atoms with Crippen LogP contribution in [-0.4, -0.2) is 56.7 Å². The quantitative estimate of drug-likeness (QED) is 0.595. The van der Waals surface area contributed by atoms with E-state index in [4.69, 9.17) is 13.9 Å². The third-order valence-electron chi connectivity index (χ3n) is 5.56. The standard InChI is InChI=1S/C21H26N2O4/c1-25-19-12-16-15-6-9-23(11-10-22-7-4-3-5-8-22)14-17(15)21(24)27-18(16)13-20(19)26-2/h3-4,12-13H,5-11,14H2,1-2H3. The van der Waals surface area contributed by atoms with Crippen molar-refractivity contribution in [3.63, 3.8) is 0 Å². The van der Waals surface area contributed by atoms with Crippen LogP contribution >= 0.6 is 0 Å². The first-order chi connectivity index (χ1) is 13.2. The Morgan fingerprint density at radius 3 is 2.52 bits per heavy atom. The van der Waals surface area contributed by atoms with Crippen LogP contribution in [0.2, 0.25) is 0 Å². The molecule has 0 fully saturated rings. The van der Waals surface area contributed by atoms with E-state index in [2.05, 4.69) is 22.0 Å². The molecule has 0 radical (unpaired) electrons. The molecular formula is C21H26N2O4. The number of ether oxygens (including phenoxy) is 2. The minimum absolute atomic E-state index is 0.240. The lowest BCUT2D eigenvalue weighted by Gasteiger charge is -2.31. The van der Waals surface area contributed by atoms with E-state index in [1.807, 2.05) is 6.07 Å². The van der Waals surface area contributed by atoms with Crippen LogP contribution in [0.25, 0.3) is 11.0 Å². The molecule has 0 unspecified atom stereocenters. The van der Waals surface area contributed by atoms with Gasteiger partial charge in [-0.2, -0.15) is 0 Å². The van der Waals surface area contributed by atoms with E-state index in [9.17, 15) is 4.79 Å². The van der Waals surface area contributed by atoms with Crippen molar-refractivity contribution in [3.8, 4) is 11.5 Å². The monoisotopic (exact) mass is 370 g/mol. The van der Waals surface area contributed by atoms with E-state index in [-0.39, 0.29) is 5.63 Å². The van der Waals surface area contributed by atoms with Crippen molar-refractivity contribution >= 4 is 11.0 Å². The summed E-state index contributed by atoms with van der Waals surface area (Å²) >= 11 is 0. The van der Waals surface area contributed by atoms with Crippen LogP contribution in [0.3, 0.4) is 0 Å². The maximum atomic E-state index is 12.6. The van der Waals surface area contributed by atoms with Gasteiger partial charge in [0.15, 0.2) is 11.5 Å². The van der Waals surface area contributed by atoms with Crippen molar-refractivity contribution in [2.24, 2.45) is 0 Å². The lowest BCUT2D eigenvalue weighted by atomic mass is 9.97. The molecule has 0 atom stereocenters. The van der Waals surface area contributed by atoms with E-state index in [1.165, 1.54) is 0 Å². The van der Waals surface area contributed by atoms with E-state index in [1.54, 1.807) is 20.3 Å². The summed E-state index contributed by atoms with van der Waals surface area (Å²) in [5.74, 6) is 1.22. The van der Waals surface area contributed by atoms with E-state index in [0.717, 1.165) is 62.1 Å². The molecule has 0 saturated carbocycles. The number of rotatable bonds is 5. The van der Waals surface area contributed by atoms with Gasteiger partial charge in [-0.25, -0.2) is 4.79 Å². The number of benzene rings is 1. The molecule has 0 bridgehead atoms. The van der Waals surface area contributed by atoms with Crippen molar-refractivity contribution in [3.05, 3.63) is 45.8 Å². The fourth-order valence-electron chi connectivity index (χ4n) is 4.01. The molecule has 0 saturated heterocycles. The van der Waals surface area contributed by atoms with Gasteiger partial charge in [-0.3, -0.25) is 9.80 Å². The molecule has 0 N–H and O–H groups in total. The molecule has 4 rings (SSSR count). The number of hydrogen-bond acceptors (Lipinski definition) is 6. The van der Waals surface area contributed by atoms with Crippen molar-refractivity contribution < 1.29 is 13.9 Å². The Bertz CT molecular complexity index is 919. The van der Waals surface area contributed by atoms with Gasteiger partial charge in [0.25, 0.3) is 0 Å². The lowest BCUT2D eigenvalue weighted by molar-refractivity contribution is 0.199. The summed E-state index contributed by atoms with van der Waals surface area (Å²) in [4.78, 5) is 17.4. The van der Waals surface area contributed by atoms with Gasteiger partial charge in [0.05, 0.1) is 19.8 Å². The zero-order valence-corrected chi connectivity index (χ0v) is 16.0. The van der Waals surface area contributed by atoms with Gasteiger partial charge in [-0.1, -0.05) is 12.2 Å². The first kappa shape index (κ1) is 18.1. The topological polar surface area (TPSA) is 55.2 Å². The average molecular weight is 370 g/mol. The largest absolute Gasteiger partial charge is 0.493 e. The zero-order chi connectivity index (χ0) is 18.8. The normalized spacial score (nSPS) is 17.9. The smallest absolute Gasteiger partial charge is 0.341 e. The van der Waals surface area contributed by atoms with Crippen LogP contribution in [-0.2, 0) is 13.0 Å². The van der Waals surface area contributed by atoms with Crippen molar-refractivity contribution in [1.29, 1.82) is 0 Å². The number of nitrogens with zero attached hydrogens (tertiary/aromatic N) is 2. The summed E-state index contributed by atoms with van der Waals surface area (Å²) in [6, 6.07) is 3.66. The summed E-state index contributed by atoms with van der Waals surface area (Å²) in [6.45, 7) is 5.74. The summed E-state index contributed by atoms with van der Waals surface area (Å²) in [5.41, 5.74) is 2.18. The zero-order valence-electron chi connectivity index (χ0n) is 16.0. The van der Waals surface area contributed by atoms with E-state index >= 15 is 0 Å². The molecular weight excluding hydrogens is 344 g/mol. The minimum atomic E-state index is -0.240. The maximum absolute atomic E-state index is 12.6. The Balaban J connectivity index is 1.58. The van der Waals surface area contributed by atoms with Crippen LogP contribution < -0.4 is 15.1 Å². The first-order valence-corrected chi connectivity index (χ1v) is 9.50. The van der Waals surface area contributed by atoms with E-state index < -0.39 is 0 Å². The Hall–Kier alpha value is -2.31. The molecule has 6 nitrogen and oxygen atoms in total. The molecule has 0 amide bonds. The highest BCUT2D eigenvalue weighted by atomic mass is 16.5. The lowest BCUT2D eigenvalue weighted by Crippen LogP contribution is -2.40. The van der Waals surface area contributed by atoms with Gasteiger partial charge in [0.1, 0.15) is 5.58 Å². The Morgan fingerprint density at radius 2 is 1.78 bits per heavy atom. The third-order valence-corrected chi connectivity index (χ3v) is 5.56. The molecule has 2 aliphatic heterocycles. The SMILES string of the molecule is COc1cc2oc(=O)c3c(c2cc1OC)CCN(CCN1CC=CCC1)C3. The molecule has 6 heteroatoms. The summed E-state index contributed by atoms with van der Waals surface area (Å²) in [5, 5.41) is 0.947. The van der Waals surface area contributed by atoms with Gasteiger partial charge in [-0.15, -0.1) is 0 Å². The highest BCUT2D eigenvalue weighted by Gasteiger charge is 2.24. The van der Waals surface area contributed by atoms with Crippen molar-refractivity contribution in [2.75, 3.05) is 46.9 Å².